The van der Waals surface area contributed by atoms with Crippen LogP contribution in [0.2, 0.25) is 0 Å². The van der Waals surface area contributed by atoms with E-state index in [0.717, 1.165) is 6.92 Å². The first-order valence-corrected chi connectivity index (χ1v) is 3.75. The van der Waals surface area contributed by atoms with Crippen LogP contribution in [0.3, 0.4) is 0 Å². The number of hydrogen-bond donors (Lipinski definition) is 5. The summed E-state index contributed by atoms with van der Waals surface area (Å²) in [5, 5.41) is 44.3. The maximum absolute atomic E-state index is 10.5. The smallest absolute Gasteiger partial charge is 0.160 e. The minimum atomic E-state index is -1.79. The third kappa shape index (κ3) is 3.37. The monoisotopic (exact) mass is 194 g/mol. The standard InChI is InChI=1S/C7H14O6/c1-3(9)5(11)7(13)6(12)4(10)2-8/h4-8,10-13H,2H2,1H3/t4-,5-,6+,7-/m0/s1. The molecule has 0 saturated carbocycles. The molecule has 0 amide bonds. The molecule has 0 aliphatic carbocycles. The summed E-state index contributed by atoms with van der Waals surface area (Å²) < 4.78 is 0. The lowest BCUT2D eigenvalue weighted by atomic mass is 10.0. The van der Waals surface area contributed by atoms with E-state index < -0.39 is 36.8 Å². The van der Waals surface area contributed by atoms with Crippen LogP contribution in [0.5, 0.6) is 0 Å². The molecule has 0 spiro atoms. The Balaban J connectivity index is 4.24. The first-order valence-electron chi connectivity index (χ1n) is 3.75. The molecule has 5 N–H and O–H groups in total. The van der Waals surface area contributed by atoms with Gasteiger partial charge in [-0.05, 0) is 6.92 Å². The molecule has 0 radical (unpaired) electrons. The zero-order valence-electron chi connectivity index (χ0n) is 7.16. The van der Waals surface area contributed by atoms with Crippen LogP contribution in [0, 0.1) is 0 Å². The average molecular weight is 194 g/mol. The molecule has 13 heavy (non-hydrogen) atoms. The van der Waals surface area contributed by atoms with Crippen molar-refractivity contribution in [3.8, 4) is 0 Å². The highest BCUT2D eigenvalue weighted by Crippen LogP contribution is 2.05. The number of carbonyl (C=O) groups excluding carboxylic acids is 1. The Bertz CT molecular complexity index is 170. The van der Waals surface area contributed by atoms with Crippen LogP contribution in [0.25, 0.3) is 0 Å². The van der Waals surface area contributed by atoms with Gasteiger partial charge in [0.1, 0.15) is 24.4 Å². The fraction of sp³-hybridized carbons (Fsp3) is 0.857. The van der Waals surface area contributed by atoms with E-state index in [1.165, 1.54) is 0 Å². The lowest BCUT2D eigenvalue weighted by Crippen LogP contribution is -2.48. The third-order valence-electron chi connectivity index (χ3n) is 1.67. The number of ketones is 1. The molecule has 0 saturated heterocycles. The first kappa shape index (κ1) is 12.5. The molecule has 0 unspecified atom stereocenters. The molecule has 6 nitrogen and oxygen atoms in total. The zero-order chi connectivity index (χ0) is 10.6. The Morgan fingerprint density at radius 2 is 1.62 bits per heavy atom. The summed E-state index contributed by atoms with van der Waals surface area (Å²) in [5.41, 5.74) is 0. The summed E-state index contributed by atoms with van der Waals surface area (Å²) in [6, 6.07) is 0. The van der Waals surface area contributed by atoms with Gasteiger partial charge in [-0.15, -0.1) is 0 Å². The Morgan fingerprint density at radius 1 is 1.15 bits per heavy atom. The summed E-state index contributed by atoms with van der Waals surface area (Å²) in [4.78, 5) is 10.5. The maximum Gasteiger partial charge on any atom is 0.160 e. The summed E-state index contributed by atoms with van der Waals surface area (Å²) in [5.74, 6) is -0.725. The largest absolute Gasteiger partial charge is 0.394 e. The molecular formula is C7H14O6. The van der Waals surface area contributed by atoms with Crippen molar-refractivity contribution in [2.45, 2.75) is 31.3 Å². The number of carbonyl (C=O) groups is 1. The fourth-order valence-corrected chi connectivity index (χ4v) is 0.763. The summed E-state index contributed by atoms with van der Waals surface area (Å²) in [6.07, 6.45) is -6.87. The van der Waals surface area contributed by atoms with E-state index in [2.05, 4.69) is 0 Å². The fourth-order valence-electron chi connectivity index (χ4n) is 0.763. The van der Waals surface area contributed by atoms with Gasteiger partial charge in [-0.1, -0.05) is 0 Å². The van der Waals surface area contributed by atoms with Gasteiger partial charge in [0.2, 0.25) is 0 Å². The molecule has 0 aliphatic rings. The van der Waals surface area contributed by atoms with Gasteiger partial charge in [-0.3, -0.25) is 4.79 Å². The predicted molar refractivity (Wildman–Crippen MR) is 41.8 cm³/mol. The highest BCUT2D eigenvalue weighted by atomic mass is 16.4. The topological polar surface area (TPSA) is 118 Å². The molecular weight excluding hydrogens is 180 g/mol. The van der Waals surface area contributed by atoms with Crippen LogP contribution in [0.1, 0.15) is 6.92 Å². The van der Waals surface area contributed by atoms with Crippen LogP contribution < -0.4 is 0 Å². The van der Waals surface area contributed by atoms with Crippen LogP contribution in [-0.2, 0) is 4.79 Å². The Labute approximate surface area is 75.1 Å². The van der Waals surface area contributed by atoms with Crippen LogP contribution >= 0.6 is 0 Å². The quantitative estimate of drug-likeness (QED) is 0.318. The van der Waals surface area contributed by atoms with Gasteiger partial charge < -0.3 is 25.5 Å². The Kier molecular flexibility index (Phi) is 5.04. The van der Waals surface area contributed by atoms with Crippen molar-refractivity contribution in [1.82, 2.24) is 0 Å². The lowest BCUT2D eigenvalue weighted by molar-refractivity contribution is -0.145. The predicted octanol–water partition coefficient (Wildman–Crippen LogP) is -2.99. The van der Waals surface area contributed by atoms with Crippen molar-refractivity contribution < 1.29 is 30.3 Å². The zero-order valence-corrected chi connectivity index (χ0v) is 7.16. The van der Waals surface area contributed by atoms with Gasteiger partial charge in [0, 0.05) is 0 Å². The molecule has 0 aromatic carbocycles. The normalized spacial score (nSPS) is 20.5. The number of aliphatic hydroxyl groups excluding tert-OH is 5. The first-order chi connectivity index (χ1) is 5.91. The van der Waals surface area contributed by atoms with E-state index >= 15 is 0 Å². The van der Waals surface area contributed by atoms with Gasteiger partial charge in [-0.2, -0.15) is 0 Å². The molecule has 4 atom stereocenters. The minimum Gasteiger partial charge on any atom is -0.394 e. The maximum atomic E-state index is 10.5. The molecule has 0 bridgehead atoms. The summed E-state index contributed by atoms with van der Waals surface area (Å²) in [7, 11) is 0. The SMILES string of the molecule is CC(=O)[C@H](O)[C@H](O)[C@H](O)[C@@H](O)CO. The summed E-state index contributed by atoms with van der Waals surface area (Å²) >= 11 is 0. The number of hydrogen-bond acceptors (Lipinski definition) is 6. The van der Waals surface area contributed by atoms with Crippen LogP contribution in [-0.4, -0.2) is 62.3 Å². The van der Waals surface area contributed by atoms with Gasteiger partial charge >= 0.3 is 0 Å². The summed E-state index contributed by atoms with van der Waals surface area (Å²) in [6.45, 7) is 0.273. The van der Waals surface area contributed by atoms with Gasteiger partial charge in [-0.25, -0.2) is 0 Å². The van der Waals surface area contributed by atoms with Crippen molar-refractivity contribution >= 4 is 5.78 Å². The molecule has 0 fully saturated rings. The van der Waals surface area contributed by atoms with Gasteiger partial charge in [0.05, 0.1) is 6.61 Å². The Hall–Kier alpha value is -0.530. The molecule has 6 heteroatoms. The highest BCUT2D eigenvalue weighted by molar-refractivity contribution is 5.80. The molecule has 0 rings (SSSR count). The number of Topliss-reactive ketones (excluding diaryl/α,β-unsaturated/α-hetero) is 1. The van der Waals surface area contributed by atoms with E-state index in [1.807, 2.05) is 0 Å². The second-order valence-corrected chi connectivity index (χ2v) is 2.79. The molecule has 0 aliphatic heterocycles. The molecule has 0 aromatic rings. The van der Waals surface area contributed by atoms with Crippen molar-refractivity contribution in [3.63, 3.8) is 0 Å². The Morgan fingerprint density at radius 3 is 1.92 bits per heavy atom. The second kappa shape index (κ2) is 5.25. The van der Waals surface area contributed by atoms with E-state index in [4.69, 9.17) is 25.5 Å². The van der Waals surface area contributed by atoms with Crippen molar-refractivity contribution in [3.05, 3.63) is 0 Å². The second-order valence-electron chi connectivity index (χ2n) is 2.79. The van der Waals surface area contributed by atoms with E-state index in [9.17, 15) is 4.79 Å². The lowest BCUT2D eigenvalue weighted by Gasteiger charge is -2.23. The molecule has 78 valence electrons. The van der Waals surface area contributed by atoms with Crippen LogP contribution in [0.4, 0.5) is 0 Å². The average Bonchev–Trinajstić information content (AvgIpc) is 2.12. The van der Waals surface area contributed by atoms with Crippen LogP contribution in [0.15, 0.2) is 0 Å². The van der Waals surface area contributed by atoms with E-state index in [0.29, 0.717) is 0 Å². The van der Waals surface area contributed by atoms with Crippen molar-refractivity contribution in [2.75, 3.05) is 6.61 Å². The highest BCUT2D eigenvalue weighted by Gasteiger charge is 2.32. The van der Waals surface area contributed by atoms with E-state index in [1.54, 1.807) is 0 Å². The van der Waals surface area contributed by atoms with Crippen molar-refractivity contribution in [1.29, 1.82) is 0 Å². The van der Waals surface area contributed by atoms with Gasteiger partial charge in [0.15, 0.2) is 5.78 Å². The molecule has 0 aromatic heterocycles. The van der Waals surface area contributed by atoms with Gasteiger partial charge in [0.25, 0.3) is 0 Å². The third-order valence-corrected chi connectivity index (χ3v) is 1.67. The minimum absolute atomic E-state index is 0.725. The molecule has 0 heterocycles. The van der Waals surface area contributed by atoms with E-state index in [-0.39, 0.29) is 0 Å². The number of rotatable bonds is 5. The van der Waals surface area contributed by atoms with Crippen molar-refractivity contribution in [2.24, 2.45) is 0 Å². The number of aliphatic hydroxyl groups is 5.